The summed E-state index contributed by atoms with van der Waals surface area (Å²) in [5.41, 5.74) is 6.21. The molecule has 0 unspecified atom stereocenters. The molecule has 28 heavy (non-hydrogen) atoms. The second kappa shape index (κ2) is 6.65. The Morgan fingerprint density at radius 3 is 2.21 bits per heavy atom. The highest BCUT2D eigenvalue weighted by molar-refractivity contribution is 5.77. The summed E-state index contributed by atoms with van der Waals surface area (Å²) in [5, 5.41) is 2.10. The lowest BCUT2D eigenvalue weighted by atomic mass is 9.84. The van der Waals surface area contributed by atoms with Crippen LogP contribution in [0.5, 0.6) is 0 Å². The summed E-state index contributed by atoms with van der Waals surface area (Å²) in [6.45, 7) is 4.45. The van der Waals surface area contributed by atoms with Crippen LogP contribution in [0.2, 0.25) is 0 Å². The number of benzene rings is 3. The third-order valence-corrected chi connectivity index (χ3v) is 6.04. The molecule has 2 nitrogen and oxygen atoms in total. The zero-order valence-electron chi connectivity index (χ0n) is 16.4. The molecule has 3 aromatic rings. The Morgan fingerprint density at radius 2 is 1.46 bits per heavy atom. The van der Waals surface area contributed by atoms with Gasteiger partial charge in [0.25, 0.3) is 0 Å². The smallest absolute Gasteiger partial charge is 0.100 e. The van der Waals surface area contributed by atoms with Crippen LogP contribution in [-0.2, 0) is 11.3 Å². The fraction of sp³-hybridized carbons (Fsp3) is 0.231. The van der Waals surface area contributed by atoms with Crippen molar-refractivity contribution in [1.29, 1.82) is 0 Å². The summed E-state index contributed by atoms with van der Waals surface area (Å²) < 4.78 is 0. The van der Waals surface area contributed by atoms with E-state index in [9.17, 15) is 0 Å². The molecular weight excluding hydrogens is 342 g/mol. The van der Waals surface area contributed by atoms with E-state index in [1.54, 1.807) is 0 Å². The van der Waals surface area contributed by atoms with Gasteiger partial charge in [-0.15, -0.1) is 0 Å². The molecule has 0 bridgehead atoms. The zero-order chi connectivity index (χ0) is 19.1. The first kappa shape index (κ1) is 17.3. The van der Waals surface area contributed by atoms with E-state index in [4.69, 9.17) is 4.84 Å². The van der Waals surface area contributed by atoms with Crippen molar-refractivity contribution in [3.8, 4) is 0 Å². The van der Waals surface area contributed by atoms with Gasteiger partial charge >= 0.3 is 0 Å². The minimum absolute atomic E-state index is 0.0223. The molecule has 0 N–H and O–H groups in total. The predicted octanol–water partition coefficient (Wildman–Crippen LogP) is 6.21. The van der Waals surface area contributed by atoms with Crippen LogP contribution in [0.4, 0.5) is 5.69 Å². The number of anilines is 1. The van der Waals surface area contributed by atoms with E-state index in [1.165, 1.54) is 22.3 Å². The summed E-state index contributed by atoms with van der Waals surface area (Å²) >= 11 is 0. The fourth-order valence-electron chi connectivity index (χ4n) is 4.61. The highest BCUT2D eigenvalue weighted by atomic mass is 16.7. The molecule has 1 aliphatic heterocycles. The second-order valence-corrected chi connectivity index (χ2v) is 8.25. The third-order valence-electron chi connectivity index (χ3n) is 6.04. The number of fused-ring (bicyclic) bond motifs is 3. The zero-order valence-corrected chi connectivity index (χ0v) is 16.4. The van der Waals surface area contributed by atoms with Crippen LogP contribution in [0.1, 0.15) is 36.6 Å². The van der Waals surface area contributed by atoms with E-state index in [-0.39, 0.29) is 11.6 Å². The van der Waals surface area contributed by atoms with Crippen molar-refractivity contribution in [1.82, 2.24) is 0 Å². The number of hydrogen-bond acceptors (Lipinski definition) is 2. The van der Waals surface area contributed by atoms with E-state index in [0.29, 0.717) is 5.92 Å². The molecule has 0 radical (unpaired) electrons. The molecule has 3 aromatic carbocycles. The van der Waals surface area contributed by atoms with Gasteiger partial charge in [0.05, 0.1) is 11.3 Å². The van der Waals surface area contributed by atoms with Crippen molar-refractivity contribution in [2.45, 2.75) is 31.9 Å². The minimum atomic E-state index is -0.315. The minimum Gasteiger partial charge on any atom is -0.266 e. The van der Waals surface area contributed by atoms with Crippen LogP contribution in [0.25, 0.3) is 5.57 Å². The topological polar surface area (TPSA) is 12.5 Å². The lowest BCUT2D eigenvalue weighted by Crippen LogP contribution is -2.41. The average molecular weight is 367 g/mol. The van der Waals surface area contributed by atoms with Crippen LogP contribution < -0.4 is 5.06 Å². The number of hydroxylamine groups is 1. The Hall–Kier alpha value is -2.84. The normalized spacial score (nSPS) is 22.8. The molecule has 0 amide bonds. The van der Waals surface area contributed by atoms with Gasteiger partial charge in [-0.1, -0.05) is 78.9 Å². The Labute approximate surface area is 167 Å². The van der Waals surface area contributed by atoms with Crippen LogP contribution in [0.15, 0.2) is 91.0 Å². The van der Waals surface area contributed by atoms with Gasteiger partial charge in [-0.2, -0.15) is 0 Å². The maximum absolute atomic E-state index is 6.78. The van der Waals surface area contributed by atoms with Crippen molar-refractivity contribution < 1.29 is 4.84 Å². The molecule has 0 spiro atoms. The molecule has 1 aliphatic carbocycles. The van der Waals surface area contributed by atoms with Crippen LogP contribution in [0, 0.1) is 5.92 Å². The van der Waals surface area contributed by atoms with Crippen molar-refractivity contribution in [2.24, 2.45) is 5.92 Å². The van der Waals surface area contributed by atoms with Crippen molar-refractivity contribution in [3.05, 3.63) is 108 Å². The number of nitrogens with zero attached hydrogens (tertiary/aromatic N) is 1. The number of rotatable bonds is 2. The molecule has 0 aromatic heterocycles. The van der Waals surface area contributed by atoms with E-state index in [0.717, 1.165) is 12.1 Å². The predicted molar refractivity (Wildman–Crippen MR) is 115 cm³/mol. The molecule has 0 fully saturated rings. The molecule has 1 heterocycles. The Balaban J connectivity index is 1.71. The van der Waals surface area contributed by atoms with Crippen molar-refractivity contribution in [2.75, 3.05) is 5.06 Å². The first-order valence-corrected chi connectivity index (χ1v) is 10.0. The summed E-state index contributed by atoms with van der Waals surface area (Å²) in [7, 11) is 0. The van der Waals surface area contributed by atoms with Gasteiger partial charge in [0.2, 0.25) is 0 Å². The van der Waals surface area contributed by atoms with Gasteiger partial charge in [0.15, 0.2) is 0 Å². The van der Waals surface area contributed by atoms with E-state index >= 15 is 0 Å². The van der Waals surface area contributed by atoms with Gasteiger partial charge < -0.3 is 0 Å². The molecule has 0 saturated heterocycles. The van der Waals surface area contributed by atoms with Crippen LogP contribution >= 0.6 is 0 Å². The lowest BCUT2D eigenvalue weighted by molar-refractivity contribution is -0.0612. The lowest BCUT2D eigenvalue weighted by Gasteiger charge is -2.38. The summed E-state index contributed by atoms with van der Waals surface area (Å²) in [6, 6.07) is 29.9. The highest BCUT2D eigenvalue weighted by Gasteiger charge is 2.44. The molecular formula is C26H25NO. The first-order valence-electron chi connectivity index (χ1n) is 10.0. The molecule has 2 aliphatic rings. The molecule has 0 saturated carbocycles. The summed E-state index contributed by atoms with van der Waals surface area (Å²) in [4.78, 5) is 6.78. The van der Waals surface area contributed by atoms with Gasteiger partial charge in [0.1, 0.15) is 6.04 Å². The Kier molecular flexibility index (Phi) is 4.10. The monoisotopic (exact) mass is 367 g/mol. The van der Waals surface area contributed by atoms with E-state index in [1.807, 2.05) is 6.07 Å². The van der Waals surface area contributed by atoms with E-state index in [2.05, 4.69) is 104 Å². The van der Waals surface area contributed by atoms with Crippen LogP contribution in [0.3, 0.4) is 0 Å². The average Bonchev–Trinajstić information content (AvgIpc) is 3.06. The van der Waals surface area contributed by atoms with Gasteiger partial charge in [-0.05, 0) is 54.7 Å². The van der Waals surface area contributed by atoms with Gasteiger partial charge in [-0.25, -0.2) is 5.06 Å². The van der Waals surface area contributed by atoms with Gasteiger partial charge in [0, 0.05) is 5.92 Å². The molecule has 2 heteroatoms. The summed E-state index contributed by atoms with van der Waals surface area (Å²) in [6.07, 6.45) is 3.45. The molecule has 2 atom stereocenters. The Morgan fingerprint density at radius 1 is 0.821 bits per heavy atom. The van der Waals surface area contributed by atoms with Crippen LogP contribution in [-0.4, -0.2) is 5.60 Å². The Bertz CT molecular complexity index is 1010. The first-order chi connectivity index (χ1) is 13.6. The van der Waals surface area contributed by atoms with Crippen molar-refractivity contribution >= 4 is 11.3 Å². The maximum atomic E-state index is 6.78. The number of hydrogen-bond donors (Lipinski definition) is 0. The third kappa shape index (κ3) is 2.85. The standard InChI is InChI=1S/C26H25NO/c1-26(2)24-17-20-13-9-10-16-22(20)23(24)18-25(19-11-5-3-6-12-19)27(28-26)21-14-7-4-8-15-21/h3-16,18,24-25H,17H2,1-2H3/t24-,25-/m1/s1. The highest BCUT2D eigenvalue weighted by Crippen LogP contribution is 2.49. The maximum Gasteiger partial charge on any atom is 0.100 e. The SMILES string of the molecule is CC1(C)ON(c2ccccc2)[C@@H](c2ccccc2)C=C2c3ccccc3C[C@H]21. The quantitative estimate of drug-likeness (QED) is 0.533. The second-order valence-electron chi connectivity index (χ2n) is 8.25. The largest absolute Gasteiger partial charge is 0.266 e. The van der Waals surface area contributed by atoms with Gasteiger partial charge in [-0.3, -0.25) is 4.84 Å². The molecule has 140 valence electrons. The number of para-hydroxylation sites is 1. The fourth-order valence-corrected chi connectivity index (χ4v) is 4.61. The van der Waals surface area contributed by atoms with E-state index < -0.39 is 0 Å². The van der Waals surface area contributed by atoms with Crippen molar-refractivity contribution in [3.63, 3.8) is 0 Å². The summed E-state index contributed by atoms with van der Waals surface area (Å²) in [5.74, 6) is 0.338. The molecule has 5 rings (SSSR count).